The molecule has 14 nitrogen and oxygen atoms in total. The second kappa shape index (κ2) is 10.9. The maximum absolute atomic E-state index is 14.2. The van der Waals surface area contributed by atoms with Crippen LogP contribution in [0.15, 0.2) is 11.1 Å². The first-order chi connectivity index (χ1) is 22.1. The third-order valence-corrected chi connectivity index (χ3v) is 6.50. The van der Waals surface area contributed by atoms with Crippen LogP contribution in [-0.4, -0.2) is 29.9 Å². The Morgan fingerprint density at radius 3 is 0.978 bits per heavy atom. The van der Waals surface area contributed by atoms with Crippen LogP contribution < -0.4 is 0 Å². The van der Waals surface area contributed by atoms with E-state index in [9.17, 15) is 59.7 Å². The van der Waals surface area contributed by atoms with Crippen LogP contribution in [0.3, 0.4) is 0 Å². The molecule has 18 heteroatoms. The topological polar surface area (TPSA) is 268 Å². The predicted molar refractivity (Wildman–Crippen MR) is 137 cm³/mol. The SMILES string of the molecule is N#CC(C#N)=C1C(c2nc(F)nc(F)n2)=C(C#N)c2c(C#N)c3c(c(C#N)c21)C(=C(C#N)C#N)C(c1nc(F)nc(F)n1)=C3C#N. The fourth-order valence-electron chi connectivity index (χ4n) is 5.04. The van der Waals surface area contributed by atoms with Crippen LogP contribution in [0.5, 0.6) is 0 Å². The van der Waals surface area contributed by atoms with Crippen molar-refractivity contribution in [3.05, 3.63) is 80.5 Å². The molecule has 2 heterocycles. The number of fused-ring (bicyclic) bond motifs is 2. The number of rotatable bonds is 2. The molecule has 0 saturated carbocycles. The van der Waals surface area contributed by atoms with Gasteiger partial charge in [0.05, 0.1) is 22.3 Å². The minimum Gasteiger partial charge on any atom is -0.192 e. The van der Waals surface area contributed by atoms with E-state index in [0.29, 0.717) is 0 Å². The molecule has 0 bridgehead atoms. The van der Waals surface area contributed by atoms with Gasteiger partial charge >= 0.3 is 24.3 Å². The van der Waals surface area contributed by atoms with Crippen molar-refractivity contribution in [1.29, 1.82) is 42.1 Å². The quantitative estimate of drug-likeness (QED) is 0.299. The highest BCUT2D eigenvalue weighted by molar-refractivity contribution is 6.31. The number of nitrogens with zero attached hydrogens (tertiary/aromatic N) is 14. The van der Waals surface area contributed by atoms with Crippen LogP contribution in [0.4, 0.5) is 17.6 Å². The molecule has 2 aromatic heterocycles. The molecule has 2 aliphatic rings. The second-order valence-electron chi connectivity index (χ2n) is 8.54. The zero-order valence-electron chi connectivity index (χ0n) is 21.8. The number of benzene rings is 1. The molecule has 0 aliphatic heterocycles. The van der Waals surface area contributed by atoms with Crippen LogP contribution in [0, 0.1) is 115 Å². The van der Waals surface area contributed by atoms with Gasteiger partial charge in [0.2, 0.25) is 0 Å². The second-order valence-corrected chi connectivity index (χ2v) is 8.54. The standard InChI is InChI=1S/C28F4N14/c29-25-41-23(42-26(30)45-25)21-12(6-38)17-11(5-37)18-13(7-39)22(24-43-27(31)46-28(32)44-24)16(10(3-35)4-36)20(18)14(8-40)19(17)15(21)9(1-33)2-34. The summed E-state index contributed by atoms with van der Waals surface area (Å²) in [5, 5.41) is 80.8. The van der Waals surface area contributed by atoms with Crippen molar-refractivity contribution in [2.24, 2.45) is 0 Å². The lowest BCUT2D eigenvalue weighted by Crippen LogP contribution is -2.07. The lowest BCUT2D eigenvalue weighted by atomic mass is 9.83. The monoisotopic (exact) mass is 608 g/mol. The highest BCUT2D eigenvalue weighted by atomic mass is 19.2. The van der Waals surface area contributed by atoms with E-state index in [0.717, 1.165) is 0 Å². The van der Waals surface area contributed by atoms with Crippen molar-refractivity contribution in [1.82, 2.24) is 29.9 Å². The molecule has 0 saturated heterocycles. The average Bonchev–Trinajstić information content (AvgIpc) is 3.54. The van der Waals surface area contributed by atoms with E-state index in [4.69, 9.17) is 0 Å². The molecule has 5 rings (SSSR count). The summed E-state index contributed by atoms with van der Waals surface area (Å²) >= 11 is 0. The average molecular weight is 608 g/mol. The van der Waals surface area contributed by atoms with Gasteiger partial charge in [-0.1, -0.05) is 0 Å². The largest absolute Gasteiger partial charge is 0.314 e. The first kappa shape index (κ1) is 29.3. The van der Waals surface area contributed by atoms with Crippen LogP contribution in [0.25, 0.3) is 33.4 Å². The van der Waals surface area contributed by atoms with E-state index in [1.54, 1.807) is 24.3 Å². The van der Waals surface area contributed by atoms with E-state index in [1.165, 1.54) is 24.3 Å². The van der Waals surface area contributed by atoms with Crippen molar-refractivity contribution in [3.63, 3.8) is 0 Å². The molecule has 0 radical (unpaired) electrons. The van der Waals surface area contributed by atoms with Gasteiger partial charge in [0.25, 0.3) is 0 Å². The molecule has 0 fully saturated rings. The van der Waals surface area contributed by atoms with Crippen molar-refractivity contribution >= 4 is 33.4 Å². The van der Waals surface area contributed by atoms with Crippen LogP contribution in [0.1, 0.15) is 45.0 Å². The molecular formula is C28F4N14. The minimum absolute atomic E-state index is 0.536. The van der Waals surface area contributed by atoms with E-state index in [2.05, 4.69) is 29.9 Å². The maximum atomic E-state index is 14.2. The normalized spacial score (nSPS) is 12.3. The highest BCUT2D eigenvalue weighted by Crippen LogP contribution is 2.57. The summed E-state index contributed by atoms with van der Waals surface area (Å²) in [5.41, 5.74) is -9.32. The van der Waals surface area contributed by atoms with Crippen LogP contribution in [0.2, 0.25) is 0 Å². The Morgan fingerprint density at radius 2 is 0.717 bits per heavy atom. The fourth-order valence-corrected chi connectivity index (χ4v) is 5.04. The first-order valence-corrected chi connectivity index (χ1v) is 11.7. The van der Waals surface area contributed by atoms with Gasteiger partial charge in [-0.15, -0.1) is 0 Å². The molecular weight excluding hydrogens is 608 g/mol. The van der Waals surface area contributed by atoms with Gasteiger partial charge in [0, 0.05) is 44.5 Å². The summed E-state index contributed by atoms with van der Waals surface area (Å²) in [6, 6.07) is 12.9. The Labute approximate surface area is 252 Å². The van der Waals surface area contributed by atoms with Crippen molar-refractivity contribution in [2.75, 3.05) is 0 Å². The number of allylic oxidation sites excluding steroid dienone is 8. The van der Waals surface area contributed by atoms with Gasteiger partial charge in [-0.2, -0.15) is 89.6 Å². The Bertz CT molecular complexity index is 2270. The fraction of sp³-hybridized carbons (Fsp3) is 0. The number of aromatic nitrogens is 6. The third-order valence-electron chi connectivity index (χ3n) is 6.50. The van der Waals surface area contributed by atoms with Crippen LogP contribution in [-0.2, 0) is 0 Å². The van der Waals surface area contributed by atoms with E-state index >= 15 is 0 Å². The number of nitriles is 8. The van der Waals surface area contributed by atoms with Gasteiger partial charge in [0.15, 0.2) is 11.6 Å². The molecule has 0 amide bonds. The Kier molecular flexibility index (Phi) is 6.96. The summed E-state index contributed by atoms with van der Waals surface area (Å²) < 4.78 is 56.6. The van der Waals surface area contributed by atoms with Gasteiger partial charge < -0.3 is 0 Å². The van der Waals surface area contributed by atoms with Crippen molar-refractivity contribution in [2.45, 2.75) is 0 Å². The molecule has 3 aromatic rings. The van der Waals surface area contributed by atoms with Crippen molar-refractivity contribution < 1.29 is 17.6 Å². The van der Waals surface area contributed by atoms with Crippen molar-refractivity contribution in [3.8, 4) is 48.6 Å². The minimum atomic E-state index is -1.68. The Balaban J connectivity index is 2.14. The van der Waals surface area contributed by atoms with E-state index < -0.39 is 114 Å². The Morgan fingerprint density at radius 1 is 0.413 bits per heavy atom. The van der Waals surface area contributed by atoms with Gasteiger partial charge in [-0.25, -0.2) is 0 Å². The number of hydrogen-bond donors (Lipinski definition) is 0. The van der Waals surface area contributed by atoms with E-state index in [-0.39, 0.29) is 0 Å². The molecule has 0 N–H and O–H groups in total. The lowest BCUT2D eigenvalue weighted by Gasteiger charge is -2.15. The highest BCUT2D eigenvalue weighted by Gasteiger charge is 2.45. The first-order valence-electron chi connectivity index (χ1n) is 11.7. The summed E-state index contributed by atoms with van der Waals surface area (Å²) in [5.74, 6) is -1.86. The lowest BCUT2D eigenvalue weighted by molar-refractivity contribution is 0.451. The van der Waals surface area contributed by atoms with Gasteiger partial charge in [0.1, 0.15) is 59.7 Å². The van der Waals surface area contributed by atoms with E-state index in [1.807, 2.05) is 0 Å². The van der Waals surface area contributed by atoms with Crippen LogP contribution >= 0.6 is 0 Å². The zero-order chi connectivity index (χ0) is 33.4. The summed E-state index contributed by atoms with van der Waals surface area (Å²) in [6.45, 7) is 0. The zero-order valence-corrected chi connectivity index (χ0v) is 21.8. The third kappa shape index (κ3) is 4.03. The maximum Gasteiger partial charge on any atom is 0.314 e. The van der Waals surface area contributed by atoms with Gasteiger partial charge in [-0.3, -0.25) is 0 Å². The molecule has 1 aromatic carbocycles. The molecule has 2 aliphatic carbocycles. The molecule has 0 unspecified atom stereocenters. The number of hydrogen-bond acceptors (Lipinski definition) is 14. The Hall–Kier alpha value is -8.16. The molecule has 210 valence electrons. The summed E-state index contributed by atoms with van der Waals surface area (Å²) in [7, 11) is 0. The van der Waals surface area contributed by atoms with Gasteiger partial charge in [-0.05, 0) is 0 Å². The molecule has 46 heavy (non-hydrogen) atoms. The molecule has 0 atom stereocenters. The summed E-state index contributed by atoms with van der Waals surface area (Å²) in [6.07, 6.45) is -6.74. The summed E-state index contributed by atoms with van der Waals surface area (Å²) in [4.78, 5) is 18.9. The smallest absolute Gasteiger partial charge is 0.192 e. The predicted octanol–water partition coefficient (Wildman–Crippen LogP) is 2.85. The number of halogens is 4. The molecule has 0 spiro atoms.